The summed E-state index contributed by atoms with van der Waals surface area (Å²) in [5.74, 6) is 0. The van der Waals surface area contributed by atoms with E-state index in [-0.39, 0.29) is 0 Å². The first-order valence-electron chi connectivity index (χ1n) is 2.67. The van der Waals surface area contributed by atoms with Crippen LogP contribution in [-0.4, -0.2) is 8.42 Å². The van der Waals surface area contributed by atoms with Crippen LogP contribution in [0.2, 0.25) is 0 Å². The van der Waals surface area contributed by atoms with Gasteiger partial charge in [0.15, 0.2) is 0 Å². The molecule has 0 amide bonds. The normalized spacial score (nSPS) is 12.7. The summed E-state index contributed by atoms with van der Waals surface area (Å²) in [6, 6.07) is 0. The van der Waals surface area contributed by atoms with Crippen molar-refractivity contribution < 1.29 is 8.42 Å². The molecule has 0 heterocycles. The zero-order chi connectivity index (χ0) is 7.33. The summed E-state index contributed by atoms with van der Waals surface area (Å²) in [6.07, 6.45) is 3.23. The molecular formula is C5H9ClO2S. The number of allylic oxidation sites excluding steroid dienone is 1. The van der Waals surface area contributed by atoms with Crippen LogP contribution in [0.25, 0.3) is 0 Å². The zero-order valence-electron chi connectivity index (χ0n) is 5.17. The van der Waals surface area contributed by atoms with Crippen molar-refractivity contribution in [3.05, 3.63) is 11.5 Å². The van der Waals surface area contributed by atoms with Crippen molar-refractivity contribution in [3.8, 4) is 0 Å². The van der Waals surface area contributed by atoms with Crippen LogP contribution >= 0.6 is 10.7 Å². The SMILES string of the molecule is CCCC=CS(=O)(=O)Cl. The fourth-order valence-corrected chi connectivity index (χ4v) is 0.934. The molecule has 0 aromatic heterocycles. The lowest BCUT2D eigenvalue weighted by atomic mass is 10.3. The van der Waals surface area contributed by atoms with E-state index in [9.17, 15) is 8.42 Å². The summed E-state index contributed by atoms with van der Waals surface area (Å²) in [5, 5.41) is 1.01. The molecule has 0 aromatic carbocycles. The molecule has 0 N–H and O–H groups in total. The maximum atomic E-state index is 10.2. The molecule has 0 bridgehead atoms. The Morgan fingerprint density at radius 2 is 2.11 bits per heavy atom. The topological polar surface area (TPSA) is 34.1 Å². The first kappa shape index (κ1) is 8.98. The van der Waals surface area contributed by atoms with Crippen molar-refractivity contribution >= 4 is 19.7 Å². The Bertz CT molecular complexity index is 181. The second-order valence-electron chi connectivity index (χ2n) is 1.64. The van der Waals surface area contributed by atoms with Gasteiger partial charge in [-0.3, -0.25) is 0 Å². The van der Waals surface area contributed by atoms with Gasteiger partial charge in [0.2, 0.25) is 0 Å². The summed E-state index contributed by atoms with van der Waals surface area (Å²) in [5.41, 5.74) is 0. The number of rotatable bonds is 3. The Labute approximate surface area is 59.9 Å². The maximum Gasteiger partial charge on any atom is 0.254 e. The number of unbranched alkanes of at least 4 members (excludes halogenated alkanes) is 1. The van der Waals surface area contributed by atoms with Gasteiger partial charge in [0.25, 0.3) is 9.05 Å². The van der Waals surface area contributed by atoms with Gasteiger partial charge < -0.3 is 0 Å². The highest BCUT2D eigenvalue weighted by molar-refractivity contribution is 8.16. The Balaban J connectivity index is 3.73. The summed E-state index contributed by atoms with van der Waals surface area (Å²) >= 11 is 0. The molecular weight excluding hydrogens is 160 g/mol. The lowest BCUT2D eigenvalue weighted by Crippen LogP contribution is -1.78. The van der Waals surface area contributed by atoms with Crippen LogP contribution in [0, 0.1) is 0 Å². The summed E-state index contributed by atoms with van der Waals surface area (Å²) in [7, 11) is 1.45. The Morgan fingerprint density at radius 3 is 2.44 bits per heavy atom. The maximum absolute atomic E-state index is 10.2. The first-order chi connectivity index (χ1) is 4.06. The molecule has 2 nitrogen and oxygen atoms in total. The molecule has 0 saturated heterocycles. The molecule has 0 aliphatic rings. The third kappa shape index (κ3) is 7.98. The van der Waals surface area contributed by atoms with E-state index >= 15 is 0 Å². The zero-order valence-corrected chi connectivity index (χ0v) is 6.74. The predicted molar refractivity (Wildman–Crippen MR) is 38.8 cm³/mol. The van der Waals surface area contributed by atoms with E-state index in [0.717, 1.165) is 18.2 Å². The Hall–Kier alpha value is -0.0200. The largest absolute Gasteiger partial charge is 0.254 e. The highest BCUT2D eigenvalue weighted by atomic mass is 35.7. The number of hydrogen-bond donors (Lipinski definition) is 0. The van der Waals surface area contributed by atoms with E-state index in [2.05, 4.69) is 0 Å². The Morgan fingerprint density at radius 1 is 1.56 bits per heavy atom. The minimum atomic E-state index is -3.40. The Kier molecular flexibility index (Phi) is 3.89. The minimum absolute atomic E-state index is 0.756. The van der Waals surface area contributed by atoms with Crippen LogP contribution < -0.4 is 0 Å². The molecule has 0 radical (unpaired) electrons. The fraction of sp³-hybridized carbons (Fsp3) is 0.600. The summed E-state index contributed by atoms with van der Waals surface area (Å²) < 4.78 is 20.4. The van der Waals surface area contributed by atoms with Crippen molar-refractivity contribution in [3.63, 3.8) is 0 Å². The lowest BCUT2D eigenvalue weighted by molar-refractivity contribution is 0.617. The summed E-state index contributed by atoms with van der Waals surface area (Å²) in [6.45, 7) is 1.96. The van der Waals surface area contributed by atoms with Crippen LogP contribution in [0.4, 0.5) is 0 Å². The van der Waals surface area contributed by atoms with Crippen molar-refractivity contribution in [2.45, 2.75) is 19.8 Å². The quantitative estimate of drug-likeness (QED) is 0.603. The second kappa shape index (κ2) is 3.90. The van der Waals surface area contributed by atoms with E-state index < -0.39 is 9.05 Å². The molecule has 0 fully saturated rings. The molecule has 9 heavy (non-hydrogen) atoms. The smallest absolute Gasteiger partial charge is 0.208 e. The van der Waals surface area contributed by atoms with Crippen LogP contribution in [0.5, 0.6) is 0 Å². The first-order valence-corrected chi connectivity index (χ1v) is 5.04. The highest BCUT2D eigenvalue weighted by Crippen LogP contribution is 1.99. The van der Waals surface area contributed by atoms with Gasteiger partial charge in [0.05, 0.1) is 0 Å². The molecule has 4 heteroatoms. The molecule has 0 aromatic rings. The van der Waals surface area contributed by atoms with E-state index in [1.165, 1.54) is 0 Å². The van der Waals surface area contributed by atoms with Crippen LogP contribution in [0.1, 0.15) is 19.8 Å². The molecule has 0 unspecified atom stereocenters. The molecule has 0 aliphatic heterocycles. The van der Waals surface area contributed by atoms with Gasteiger partial charge in [0.1, 0.15) is 0 Å². The predicted octanol–water partition coefficient (Wildman–Crippen LogP) is 1.87. The molecule has 0 aliphatic carbocycles. The molecule has 0 saturated carbocycles. The standard InChI is InChI=1S/C5H9ClO2S/c1-2-3-4-5-9(6,7)8/h4-5H,2-3H2,1H3. The van der Waals surface area contributed by atoms with Crippen LogP contribution in [0.15, 0.2) is 11.5 Å². The van der Waals surface area contributed by atoms with E-state index in [1.54, 1.807) is 6.08 Å². The summed E-state index contributed by atoms with van der Waals surface area (Å²) in [4.78, 5) is 0. The molecule has 0 rings (SSSR count). The number of hydrogen-bond acceptors (Lipinski definition) is 2. The average Bonchev–Trinajstić information content (AvgIpc) is 1.63. The van der Waals surface area contributed by atoms with Crippen molar-refractivity contribution in [1.29, 1.82) is 0 Å². The van der Waals surface area contributed by atoms with Crippen molar-refractivity contribution in [2.75, 3.05) is 0 Å². The van der Waals surface area contributed by atoms with Crippen molar-refractivity contribution in [1.82, 2.24) is 0 Å². The lowest BCUT2D eigenvalue weighted by Gasteiger charge is -1.81. The van der Waals surface area contributed by atoms with Gasteiger partial charge in [-0.2, -0.15) is 0 Å². The minimum Gasteiger partial charge on any atom is -0.208 e. The van der Waals surface area contributed by atoms with Gasteiger partial charge in [0, 0.05) is 16.1 Å². The van der Waals surface area contributed by atoms with Gasteiger partial charge in [-0.05, 0) is 6.42 Å². The van der Waals surface area contributed by atoms with E-state index in [1.807, 2.05) is 6.92 Å². The van der Waals surface area contributed by atoms with E-state index in [0.29, 0.717) is 0 Å². The van der Waals surface area contributed by atoms with Gasteiger partial charge >= 0.3 is 0 Å². The second-order valence-corrected chi connectivity index (χ2v) is 4.15. The van der Waals surface area contributed by atoms with Crippen molar-refractivity contribution in [2.24, 2.45) is 0 Å². The average molecular weight is 169 g/mol. The fourth-order valence-electron chi connectivity index (χ4n) is 0.350. The van der Waals surface area contributed by atoms with E-state index in [4.69, 9.17) is 10.7 Å². The third-order valence-electron chi connectivity index (χ3n) is 0.714. The monoisotopic (exact) mass is 168 g/mol. The van der Waals surface area contributed by atoms with Gasteiger partial charge in [-0.15, -0.1) is 0 Å². The number of halogens is 1. The highest BCUT2D eigenvalue weighted by Gasteiger charge is 1.93. The van der Waals surface area contributed by atoms with Crippen LogP contribution in [-0.2, 0) is 9.05 Å². The van der Waals surface area contributed by atoms with Gasteiger partial charge in [-0.25, -0.2) is 8.42 Å². The van der Waals surface area contributed by atoms with Gasteiger partial charge in [-0.1, -0.05) is 19.4 Å². The molecule has 54 valence electrons. The molecule has 0 atom stereocenters. The third-order valence-corrected chi connectivity index (χ3v) is 1.54. The molecule has 0 spiro atoms. The van der Waals surface area contributed by atoms with Crippen LogP contribution in [0.3, 0.4) is 0 Å².